The van der Waals surface area contributed by atoms with Gasteiger partial charge in [0, 0.05) is 17.4 Å². The lowest BCUT2D eigenvalue weighted by atomic mass is 10.2. The predicted octanol–water partition coefficient (Wildman–Crippen LogP) is 2.08. The maximum Gasteiger partial charge on any atom is 0.278 e. The number of aromatic nitrogens is 3. The SMILES string of the molecule is C=CCn1c(SCC[NH+](CC)CC)nc2c([nH]c3ccccc32)c1=O. The summed E-state index contributed by atoms with van der Waals surface area (Å²) in [6.45, 7) is 12.0. The first kappa shape index (κ1) is 17.8. The van der Waals surface area contributed by atoms with E-state index in [2.05, 4.69) is 25.4 Å². The summed E-state index contributed by atoms with van der Waals surface area (Å²) in [7, 11) is 0. The van der Waals surface area contributed by atoms with Gasteiger partial charge < -0.3 is 9.88 Å². The van der Waals surface area contributed by atoms with Crippen molar-refractivity contribution in [2.75, 3.05) is 25.4 Å². The summed E-state index contributed by atoms with van der Waals surface area (Å²) in [4.78, 5) is 22.5. The Morgan fingerprint density at radius 3 is 2.80 bits per heavy atom. The largest absolute Gasteiger partial charge is 0.349 e. The van der Waals surface area contributed by atoms with Gasteiger partial charge in [-0.3, -0.25) is 9.36 Å². The summed E-state index contributed by atoms with van der Waals surface area (Å²) < 4.78 is 1.72. The average Bonchev–Trinajstić information content (AvgIpc) is 3.01. The molecule has 1 aromatic carbocycles. The third kappa shape index (κ3) is 3.50. The van der Waals surface area contributed by atoms with Crippen LogP contribution in [-0.4, -0.2) is 39.9 Å². The highest BCUT2D eigenvalue weighted by molar-refractivity contribution is 7.99. The standard InChI is InChI=1S/C19H24N4OS/c1-4-11-23-18(24)17-16(14-9-7-8-10-15(14)20-17)21-19(23)25-13-12-22(5-2)6-3/h4,7-10,20H,1,5-6,11-13H2,2-3H3/p+1. The highest BCUT2D eigenvalue weighted by atomic mass is 32.2. The van der Waals surface area contributed by atoms with Crippen LogP contribution >= 0.6 is 11.8 Å². The number of nitrogens with zero attached hydrogens (tertiary/aromatic N) is 2. The number of nitrogens with one attached hydrogen (secondary N) is 2. The maximum absolute atomic E-state index is 12.9. The number of hydrogen-bond acceptors (Lipinski definition) is 3. The molecule has 132 valence electrons. The topological polar surface area (TPSA) is 55.1 Å². The number of hydrogen-bond donors (Lipinski definition) is 2. The van der Waals surface area contributed by atoms with Gasteiger partial charge >= 0.3 is 0 Å². The van der Waals surface area contributed by atoms with Crippen molar-refractivity contribution in [3.8, 4) is 0 Å². The Balaban J connectivity index is 2.03. The molecule has 5 nitrogen and oxygen atoms in total. The Morgan fingerprint density at radius 2 is 2.08 bits per heavy atom. The molecule has 0 amide bonds. The van der Waals surface area contributed by atoms with Crippen LogP contribution < -0.4 is 10.5 Å². The molecule has 6 heteroatoms. The van der Waals surface area contributed by atoms with Gasteiger partial charge in [0.05, 0.1) is 25.4 Å². The van der Waals surface area contributed by atoms with Crippen LogP contribution in [0.4, 0.5) is 0 Å². The van der Waals surface area contributed by atoms with Crippen molar-refractivity contribution >= 4 is 33.7 Å². The second-order valence-electron chi connectivity index (χ2n) is 6.05. The zero-order valence-electron chi connectivity index (χ0n) is 14.8. The van der Waals surface area contributed by atoms with E-state index in [-0.39, 0.29) is 5.56 Å². The molecule has 0 saturated heterocycles. The summed E-state index contributed by atoms with van der Waals surface area (Å²) in [5, 5.41) is 1.77. The Labute approximate surface area is 151 Å². The fourth-order valence-electron chi connectivity index (χ4n) is 3.07. The van der Waals surface area contributed by atoms with Crippen molar-refractivity contribution < 1.29 is 4.90 Å². The Kier molecular flexibility index (Phi) is 5.60. The molecule has 2 N–H and O–H groups in total. The van der Waals surface area contributed by atoms with Crippen LogP contribution in [0.2, 0.25) is 0 Å². The Hall–Kier alpha value is -2.05. The molecule has 0 unspecified atom stereocenters. The van der Waals surface area contributed by atoms with Crippen LogP contribution in [0.5, 0.6) is 0 Å². The monoisotopic (exact) mass is 357 g/mol. The summed E-state index contributed by atoms with van der Waals surface area (Å²) in [5.41, 5.74) is 2.25. The molecule has 0 atom stereocenters. The number of aromatic amines is 1. The van der Waals surface area contributed by atoms with Crippen molar-refractivity contribution in [2.45, 2.75) is 25.5 Å². The molecule has 0 bridgehead atoms. The third-order valence-electron chi connectivity index (χ3n) is 4.57. The van der Waals surface area contributed by atoms with Gasteiger partial charge in [-0.1, -0.05) is 36.0 Å². The number of quaternary nitrogens is 1. The number of para-hydroxylation sites is 1. The number of rotatable bonds is 8. The molecule has 0 aliphatic rings. The first-order valence-electron chi connectivity index (χ1n) is 8.78. The predicted molar refractivity (Wildman–Crippen MR) is 106 cm³/mol. The fourth-order valence-corrected chi connectivity index (χ4v) is 4.11. The molecule has 0 fully saturated rings. The minimum Gasteiger partial charge on any atom is -0.349 e. The molecular weight excluding hydrogens is 332 g/mol. The third-order valence-corrected chi connectivity index (χ3v) is 5.55. The zero-order valence-corrected chi connectivity index (χ0v) is 15.7. The van der Waals surface area contributed by atoms with Gasteiger partial charge in [-0.05, 0) is 19.9 Å². The summed E-state index contributed by atoms with van der Waals surface area (Å²) in [6, 6.07) is 7.92. The van der Waals surface area contributed by atoms with E-state index in [0.717, 1.165) is 47.0 Å². The Morgan fingerprint density at radius 1 is 1.32 bits per heavy atom. The molecule has 0 aliphatic carbocycles. The van der Waals surface area contributed by atoms with E-state index >= 15 is 0 Å². The molecule has 2 aromatic heterocycles. The quantitative estimate of drug-likeness (QED) is 0.369. The summed E-state index contributed by atoms with van der Waals surface area (Å²) in [6.07, 6.45) is 1.75. The molecule has 0 saturated carbocycles. The molecule has 0 spiro atoms. The number of H-pyrrole nitrogens is 1. The molecule has 3 rings (SSSR count). The second kappa shape index (κ2) is 7.89. The van der Waals surface area contributed by atoms with Crippen LogP contribution in [-0.2, 0) is 6.54 Å². The highest BCUT2D eigenvalue weighted by Gasteiger charge is 2.15. The van der Waals surface area contributed by atoms with Crippen LogP contribution in [0.15, 0.2) is 46.9 Å². The van der Waals surface area contributed by atoms with E-state index in [1.165, 1.54) is 0 Å². The Bertz CT molecular complexity index is 940. The maximum atomic E-state index is 12.9. The van der Waals surface area contributed by atoms with Crippen LogP contribution in [0.1, 0.15) is 13.8 Å². The van der Waals surface area contributed by atoms with Gasteiger partial charge in [0.2, 0.25) is 0 Å². The van der Waals surface area contributed by atoms with E-state index in [4.69, 9.17) is 4.98 Å². The first-order valence-corrected chi connectivity index (χ1v) is 9.76. The van der Waals surface area contributed by atoms with Gasteiger partial charge in [0.1, 0.15) is 11.0 Å². The van der Waals surface area contributed by atoms with Gasteiger partial charge in [0.25, 0.3) is 5.56 Å². The van der Waals surface area contributed by atoms with E-state index in [0.29, 0.717) is 12.1 Å². The fraction of sp³-hybridized carbons (Fsp3) is 0.368. The minimum absolute atomic E-state index is 0.0289. The van der Waals surface area contributed by atoms with Gasteiger partial charge in [-0.25, -0.2) is 4.98 Å². The number of fused-ring (bicyclic) bond motifs is 3. The first-order chi connectivity index (χ1) is 12.2. The van der Waals surface area contributed by atoms with Crippen molar-refractivity contribution in [2.24, 2.45) is 0 Å². The molecule has 0 aliphatic heterocycles. The second-order valence-corrected chi connectivity index (χ2v) is 7.11. The smallest absolute Gasteiger partial charge is 0.278 e. The molecule has 3 aromatic rings. The highest BCUT2D eigenvalue weighted by Crippen LogP contribution is 2.24. The van der Waals surface area contributed by atoms with Gasteiger partial charge in [0.15, 0.2) is 5.16 Å². The number of benzene rings is 1. The molecule has 2 heterocycles. The lowest BCUT2D eigenvalue weighted by Crippen LogP contribution is -3.11. The average molecular weight is 358 g/mol. The number of allylic oxidation sites excluding steroid dienone is 1. The van der Waals surface area contributed by atoms with E-state index < -0.39 is 0 Å². The van der Waals surface area contributed by atoms with Crippen molar-refractivity contribution in [1.82, 2.24) is 14.5 Å². The molecule has 25 heavy (non-hydrogen) atoms. The van der Waals surface area contributed by atoms with Crippen molar-refractivity contribution in [1.29, 1.82) is 0 Å². The molecular formula is C19H25N4OS+. The summed E-state index contributed by atoms with van der Waals surface area (Å²) >= 11 is 1.66. The zero-order chi connectivity index (χ0) is 17.8. The van der Waals surface area contributed by atoms with Crippen molar-refractivity contribution in [3.63, 3.8) is 0 Å². The van der Waals surface area contributed by atoms with E-state index in [1.54, 1.807) is 27.3 Å². The lowest BCUT2D eigenvalue weighted by molar-refractivity contribution is -0.893. The van der Waals surface area contributed by atoms with Gasteiger partial charge in [-0.2, -0.15) is 0 Å². The summed E-state index contributed by atoms with van der Waals surface area (Å²) in [5.74, 6) is 0.939. The van der Waals surface area contributed by atoms with Crippen LogP contribution in [0.3, 0.4) is 0 Å². The van der Waals surface area contributed by atoms with Crippen LogP contribution in [0, 0.1) is 0 Å². The van der Waals surface area contributed by atoms with E-state index in [1.807, 2.05) is 24.3 Å². The molecule has 0 radical (unpaired) electrons. The number of thioether (sulfide) groups is 1. The van der Waals surface area contributed by atoms with Gasteiger partial charge in [-0.15, -0.1) is 6.58 Å². The lowest BCUT2D eigenvalue weighted by Gasteiger charge is -2.15. The van der Waals surface area contributed by atoms with Crippen molar-refractivity contribution in [3.05, 3.63) is 47.3 Å². The van der Waals surface area contributed by atoms with E-state index in [9.17, 15) is 4.79 Å². The minimum atomic E-state index is -0.0289. The van der Waals surface area contributed by atoms with Crippen LogP contribution in [0.25, 0.3) is 21.9 Å². The normalized spacial score (nSPS) is 11.6.